The van der Waals surface area contributed by atoms with Crippen molar-refractivity contribution in [3.05, 3.63) is 81.5 Å². The Morgan fingerprint density at radius 2 is 1.80 bits per heavy atom. The third kappa shape index (κ3) is 3.95. The van der Waals surface area contributed by atoms with Crippen molar-refractivity contribution < 1.29 is 9.66 Å². The molecule has 0 aromatic heterocycles. The highest BCUT2D eigenvalue weighted by Gasteiger charge is 2.02. The fourth-order valence-electron chi connectivity index (χ4n) is 1.70. The van der Waals surface area contributed by atoms with Crippen molar-refractivity contribution in [3.8, 4) is 5.75 Å². The number of hydrogen-bond acceptors (Lipinski definition) is 3. The highest BCUT2D eigenvalue weighted by Crippen LogP contribution is 2.16. The zero-order valence-corrected chi connectivity index (χ0v) is 11.2. The van der Waals surface area contributed by atoms with E-state index >= 15 is 0 Å². The van der Waals surface area contributed by atoms with Crippen LogP contribution in [0.25, 0.3) is 6.08 Å². The molecule has 0 heterocycles. The van der Waals surface area contributed by atoms with Gasteiger partial charge in [0.25, 0.3) is 0 Å². The number of benzene rings is 2. The molecule has 0 aliphatic rings. The van der Waals surface area contributed by atoms with Crippen LogP contribution in [0.3, 0.4) is 0 Å². The van der Waals surface area contributed by atoms with Gasteiger partial charge in [-0.05, 0) is 23.3 Å². The molecule has 0 bridgehead atoms. The summed E-state index contributed by atoms with van der Waals surface area (Å²) >= 11 is 0. The third-order valence-electron chi connectivity index (χ3n) is 2.79. The van der Waals surface area contributed by atoms with E-state index in [2.05, 4.69) is 0 Å². The van der Waals surface area contributed by atoms with E-state index in [1.54, 1.807) is 12.1 Å². The Morgan fingerprint density at radius 1 is 1.15 bits per heavy atom. The van der Waals surface area contributed by atoms with Gasteiger partial charge in [0.2, 0.25) is 5.70 Å². The van der Waals surface area contributed by atoms with E-state index in [1.807, 2.05) is 42.5 Å². The lowest BCUT2D eigenvalue weighted by Gasteiger charge is -2.06. The van der Waals surface area contributed by atoms with E-state index in [0.29, 0.717) is 6.61 Å². The average molecular weight is 269 g/mol. The molecule has 0 amide bonds. The molecule has 0 radical (unpaired) electrons. The molecule has 0 spiro atoms. The van der Waals surface area contributed by atoms with Crippen molar-refractivity contribution in [1.29, 1.82) is 0 Å². The number of nitro groups is 1. The second-order valence-electron chi connectivity index (χ2n) is 4.39. The molecule has 2 rings (SSSR count). The van der Waals surface area contributed by atoms with Crippen LogP contribution >= 0.6 is 0 Å². The van der Waals surface area contributed by atoms with Crippen LogP contribution in [0.1, 0.15) is 18.1 Å². The molecule has 20 heavy (non-hydrogen) atoms. The maximum atomic E-state index is 10.5. The van der Waals surface area contributed by atoms with Crippen LogP contribution < -0.4 is 4.74 Å². The minimum absolute atomic E-state index is 0.114. The van der Waals surface area contributed by atoms with E-state index in [1.165, 1.54) is 13.0 Å². The molecule has 0 aliphatic heterocycles. The molecular formula is C16H15NO3. The van der Waals surface area contributed by atoms with Crippen LogP contribution in [-0.4, -0.2) is 4.92 Å². The summed E-state index contributed by atoms with van der Waals surface area (Å²) in [5.74, 6) is 0.741. The molecule has 2 aromatic carbocycles. The molecule has 102 valence electrons. The minimum Gasteiger partial charge on any atom is -0.489 e. The molecule has 0 unspecified atom stereocenters. The normalized spacial score (nSPS) is 11.2. The molecule has 0 N–H and O–H groups in total. The fraction of sp³-hybridized carbons (Fsp3) is 0.125. The summed E-state index contributed by atoms with van der Waals surface area (Å²) in [4.78, 5) is 10.1. The number of nitrogens with zero attached hydrogens (tertiary/aromatic N) is 1. The van der Waals surface area contributed by atoms with E-state index in [-0.39, 0.29) is 5.70 Å². The smallest absolute Gasteiger partial charge is 0.243 e. The topological polar surface area (TPSA) is 52.4 Å². The second kappa shape index (κ2) is 6.52. The highest BCUT2D eigenvalue weighted by atomic mass is 16.6. The number of hydrogen-bond donors (Lipinski definition) is 0. The monoisotopic (exact) mass is 269 g/mol. The molecule has 0 fully saturated rings. The summed E-state index contributed by atoms with van der Waals surface area (Å²) in [6, 6.07) is 17.1. The largest absolute Gasteiger partial charge is 0.489 e. The summed E-state index contributed by atoms with van der Waals surface area (Å²) < 4.78 is 5.64. The van der Waals surface area contributed by atoms with E-state index in [0.717, 1.165) is 16.9 Å². The van der Waals surface area contributed by atoms with E-state index in [4.69, 9.17) is 4.74 Å². The number of ether oxygens (including phenoxy) is 1. The van der Waals surface area contributed by atoms with Gasteiger partial charge in [-0.25, -0.2) is 0 Å². The van der Waals surface area contributed by atoms with Gasteiger partial charge in [0, 0.05) is 13.0 Å². The van der Waals surface area contributed by atoms with Crippen molar-refractivity contribution in [2.24, 2.45) is 0 Å². The first kappa shape index (κ1) is 13.8. The summed E-state index contributed by atoms with van der Waals surface area (Å²) in [5.41, 5.74) is 2.00. The lowest BCUT2D eigenvalue weighted by molar-refractivity contribution is -0.422. The van der Waals surface area contributed by atoms with Crippen molar-refractivity contribution in [3.63, 3.8) is 0 Å². The minimum atomic E-state index is -0.403. The van der Waals surface area contributed by atoms with Crippen LogP contribution in [0.15, 0.2) is 60.3 Å². The maximum absolute atomic E-state index is 10.5. The van der Waals surface area contributed by atoms with Gasteiger partial charge in [-0.3, -0.25) is 10.1 Å². The Kier molecular flexibility index (Phi) is 4.50. The number of allylic oxidation sites excluding steroid dienone is 1. The summed E-state index contributed by atoms with van der Waals surface area (Å²) in [6.45, 7) is 1.98. The third-order valence-corrected chi connectivity index (χ3v) is 2.79. The van der Waals surface area contributed by atoms with Crippen molar-refractivity contribution in [2.75, 3.05) is 0 Å². The molecule has 0 atom stereocenters. The van der Waals surface area contributed by atoms with Crippen molar-refractivity contribution in [1.82, 2.24) is 0 Å². The summed E-state index contributed by atoms with van der Waals surface area (Å²) in [5, 5.41) is 10.5. The van der Waals surface area contributed by atoms with Gasteiger partial charge in [-0.2, -0.15) is 0 Å². The Hall–Kier alpha value is -2.62. The SMILES string of the molecule is C/C(=C\c1ccc(OCc2ccccc2)cc1)[N+](=O)[O-]. The zero-order valence-electron chi connectivity index (χ0n) is 11.2. The Morgan fingerprint density at radius 3 is 2.40 bits per heavy atom. The van der Waals surface area contributed by atoms with Crippen molar-refractivity contribution >= 4 is 6.08 Å². The molecule has 0 saturated heterocycles. The van der Waals surface area contributed by atoms with Crippen LogP contribution in [0.5, 0.6) is 5.75 Å². The van der Waals surface area contributed by atoms with E-state index < -0.39 is 4.92 Å². The van der Waals surface area contributed by atoms with Crippen LogP contribution in [-0.2, 0) is 6.61 Å². The Bertz CT molecular complexity index is 603. The first-order chi connectivity index (χ1) is 9.65. The van der Waals surface area contributed by atoms with Gasteiger partial charge in [0.05, 0.1) is 4.92 Å². The molecule has 2 aromatic rings. The van der Waals surface area contributed by atoms with Crippen LogP contribution in [0, 0.1) is 10.1 Å². The predicted molar refractivity (Wildman–Crippen MR) is 77.9 cm³/mol. The highest BCUT2D eigenvalue weighted by molar-refractivity contribution is 5.51. The maximum Gasteiger partial charge on any atom is 0.243 e. The van der Waals surface area contributed by atoms with E-state index in [9.17, 15) is 10.1 Å². The van der Waals surface area contributed by atoms with Gasteiger partial charge >= 0.3 is 0 Å². The standard InChI is InChI=1S/C16H15NO3/c1-13(17(18)19)11-14-7-9-16(10-8-14)20-12-15-5-3-2-4-6-15/h2-11H,12H2,1H3/b13-11+. The molecule has 0 aliphatic carbocycles. The lowest BCUT2D eigenvalue weighted by Crippen LogP contribution is -1.95. The number of rotatable bonds is 5. The van der Waals surface area contributed by atoms with Crippen molar-refractivity contribution in [2.45, 2.75) is 13.5 Å². The summed E-state index contributed by atoms with van der Waals surface area (Å²) in [7, 11) is 0. The summed E-state index contributed by atoms with van der Waals surface area (Å²) in [6.07, 6.45) is 1.53. The van der Waals surface area contributed by atoms with Gasteiger partial charge in [-0.15, -0.1) is 0 Å². The van der Waals surface area contributed by atoms with Crippen LogP contribution in [0.4, 0.5) is 0 Å². The Balaban J connectivity index is 1.98. The first-order valence-electron chi connectivity index (χ1n) is 6.24. The molecule has 4 nitrogen and oxygen atoms in total. The van der Waals surface area contributed by atoms with Gasteiger partial charge in [-0.1, -0.05) is 42.5 Å². The molecular weight excluding hydrogens is 254 g/mol. The molecule has 0 saturated carbocycles. The lowest BCUT2D eigenvalue weighted by atomic mass is 10.2. The van der Waals surface area contributed by atoms with Gasteiger partial charge in [0.15, 0.2) is 0 Å². The van der Waals surface area contributed by atoms with Gasteiger partial charge < -0.3 is 4.74 Å². The second-order valence-corrected chi connectivity index (χ2v) is 4.39. The average Bonchev–Trinajstić information content (AvgIpc) is 2.47. The zero-order chi connectivity index (χ0) is 14.4. The quantitative estimate of drug-likeness (QED) is 0.611. The van der Waals surface area contributed by atoms with Gasteiger partial charge in [0.1, 0.15) is 12.4 Å². The van der Waals surface area contributed by atoms with Crippen LogP contribution in [0.2, 0.25) is 0 Å². The molecule has 4 heteroatoms. The fourth-order valence-corrected chi connectivity index (χ4v) is 1.70. The first-order valence-corrected chi connectivity index (χ1v) is 6.24. The Labute approximate surface area is 117 Å². The predicted octanol–water partition coefficient (Wildman–Crippen LogP) is 3.90.